The highest BCUT2D eigenvalue weighted by Gasteiger charge is 2.14. The monoisotopic (exact) mass is 228 g/mol. The standard InChI is InChI=1S/C9H9ClN2O3/c1-6-2-3-8(12(14)15)7(4-6)11-9(13)5-10/h2-4H,5H2,1H3,(H,11,13). The molecule has 15 heavy (non-hydrogen) atoms. The maximum atomic E-state index is 11.0. The van der Waals surface area contributed by atoms with E-state index in [9.17, 15) is 14.9 Å². The fourth-order valence-electron chi connectivity index (χ4n) is 1.09. The lowest BCUT2D eigenvalue weighted by Gasteiger charge is -2.04. The van der Waals surface area contributed by atoms with Crippen molar-refractivity contribution in [1.82, 2.24) is 0 Å². The molecule has 0 aliphatic carbocycles. The highest BCUT2D eigenvalue weighted by atomic mass is 35.5. The second kappa shape index (κ2) is 4.75. The van der Waals surface area contributed by atoms with E-state index in [1.165, 1.54) is 12.1 Å². The molecule has 0 spiro atoms. The summed E-state index contributed by atoms with van der Waals surface area (Å²) in [6.45, 7) is 1.78. The van der Waals surface area contributed by atoms with Crippen molar-refractivity contribution in [1.29, 1.82) is 0 Å². The van der Waals surface area contributed by atoms with Crippen LogP contribution in [0.15, 0.2) is 18.2 Å². The van der Waals surface area contributed by atoms with Crippen molar-refractivity contribution in [2.24, 2.45) is 0 Å². The second-order valence-corrected chi connectivity index (χ2v) is 3.23. The summed E-state index contributed by atoms with van der Waals surface area (Å²) in [4.78, 5) is 21.1. The summed E-state index contributed by atoms with van der Waals surface area (Å²) in [5, 5.41) is 13.0. The maximum absolute atomic E-state index is 11.0. The van der Waals surface area contributed by atoms with E-state index in [0.717, 1.165) is 5.56 Å². The van der Waals surface area contributed by atoms with Gasteiger partial charge in [-0.2, -0.15) is 0 Å². The zero-order valence-corrected chi connectivity index (χ0v) is 8.75. The number of nitro groups is 1. The molecule has 0 radical (unpaired) electrons. The van der Waals surface area contributed by atoms with E-state index in [4.69, 9.17) is 11.6 Å². The van der Waals surface area contributed by atoms with Crippen molar-refractivity contribution < 1.29 is 9.72 Å². The number of rotatable bonds is 3. The van der Waals surface area contributed by atoms with Gasteiger partial charge in [0.1, 0.15) is 11.6 Å². The number of anilines is 1. The summed E-state index contributed by atoms with van der Waals surface area (Å²) in [7, 11) is 0. The highest BCUT2D eigenvalue weighted by Crippen LogP contribution is 2.25. The van der Waals surface area contributed by atoms with E-state index < -0.39 is 10.8 Å². The third-order valence-corrected chi connectivity index (χ3v) is 1.99. The third kappa shape index (κ3) is 2.92. The summed E-state index contributed by atoms with van der Waals surface area (Å²) >= 11 is 5.29. The topological polar surface area (TPSA) is 72.2 Å². The number of carbonyl (C=O) groups excluding carboxylic acids is 1. The molecule has 0 bridgehead atoms. The molecule has 1 amide bonds. The largest absolute Gasteiger partial charge is 0.319 e. The average molecular weight is 229 g/mol. The van der Waals surface area contributed by atoms with Gasteiger partial charge in [0.2, 0.25) is 5.91 Å². The molecule has 0 unspecified atom stereocenters. The first-order valence-corrected chi connectivity index (χ1v) is 4.69. The van der Waals surface area contributed by atoms with E-state index in [2.05, 4.69) is 5.32 Å². The predicted octanol–water partition coefficient (Wildman–Crippen LogP) is 2.08. The minimum atomic E-state index is -0.552. The molecule has 0 aliphatic heterocycles. The molecule has 0 saturated carbocycles. The molecule has 5 nitrogen and oxygen atoms in total. The van der Waals surface area contributed by atoms with Crippen molar-refractivity contribution in [2.75, 3.05) is 11.2 Å². The van der Waals surface area contributed by atoms with Crippen molar-refractivity contribution >= 4 is 28.9 Å². The molecular weight excluding hydrogens is 220 g/mol. The Morgan fingerprint density at radius 1 is 1.60 bits per heavy atom. The normalized spacial score (nSPS) is 9.73. The van der Waals surface area contributed by atoms with Crippen LogP contribution >= 0.6 is 11.6 Å². The lowest BCUT2D eigenvalue weighted by molar-refractivity contribution is -0.383. The van der Waals surface area contributed by atoms with Crippen LogP contribution in [0.2, 0.25) is 0 Å². The van der Waals surface area contributed by atoms with Crippen LogP contribution in [0.3, 0.4) is 0 Å². The number of benzene rings is 1. The first-order valence-electron chi connectivity index (χ1n) is 4.15. The van der Waals surface area contributed by atoms with E-state index in [1.54, 1.807) is 13.0 Å². The van der Waals surface area contributed by atoms with Gasteiger partial charge in [-0.05, 0) is 18.6 Å². The van der Waals surface area contributed by atoms with Gasteiger partial charge in [0.05, 0.1) is 4.92 Å². The number of nitrogens with zero attached hydrogens (tertiary/aromatic N) is 1. The van der Waals surface area contributed by atoms with Gasteiger partial charge in [0.25, 0.3) is 5.69 Å². The molecule has 0 heterocycles. The van der Waals surface area contributed by atoms with Crippen molar-refractivity contribution in [3.05, 3.63) is 33.9 Å². The van der Waals surface area contributed by atoms with Crippen molar-refractivity contribution in [3.8, 4) is 0 Å². The Kier molecular flexibility index (Phi) is 3.62. The summed E-state index contributed by atoms with van der Waals surface area (Å²) in [5.41, 5.74) is 0.857. The van der Waals surface area contributed by atoms with Gasteiger partial charge in [-0.3, -0.25) is 14.9 Å². The van der Waals surface area contributed by atoms with Crippen molar-refractivity contribution in [2.45, 2.75) is 6.92 Å². The second-order valence-electron chi connectivity index (χ2n) is 2.96. The number of hydrogen-bond donors (Lipinski definition) is 1. The Bertz CT molecular complexity index is 406. The molecule has 1 N–H and O–H groups in total. The maximum Gasteiger partial charge on any atom is 0.292 e. The predicted molar refractivity (Wildman–Crippen MR) is 57.2 cm³/mol. The number of aryl methyl sites for hydroxylation is 1. The van der Waals surface area contributed by atoms with Crippen LogP contribution in [0.5, 0.6) is 0 Å². The molecule has 1 aromatic carbocycles. The van der Waals surface area contributed by atoms with Crippen LogP contribution in [0, 0.1) is 17.0 Å². The summed E-state index contributed by atoms with van der Waals surface area (Å²) < 4.78 is 0. The number of nitrogens with one attached hydrogen (secondary N) is 1. The van der Waals surface area contributed by atoms with Gasteiger partial charge >= 0.3 is 0 Å². The molecule has 0 saturated heterocycles. The first kappa shape index (κ1) is 11.5. The molecule has 0 aliphatic rings. The fraction of sp³-hybridized carbons (Fsp3) is 0.222. The smallest absolute Gasteiger partial charge is 0.292 e. The van der Waals surface area contributed by atoms with Crippen LogP contribution in [-0.4, -0.2) is 16.7 Å². The zero-order valence-electron chi connectivity index (χ0n) is 7.99. The number of halogens is 1. The van der Waals surface area contributed by atoms with E-state index >= 15 is 0 Å². The molecule has 0 aromatic heterocycles. The van der Waals surface area contributed by atoms with Crippen LogP contribution in [0.1, 0.15) is 5.56 Å². The van der Waals surface area contributed by atoms with Gasteiger partial charge in [0, 0.05) is 6.07 Å². The van der Waals surface area contributed by atoms with Gasteiger partial charge < -0.3 is 5.32 Å². The molecule has 0 fully saturated rings. The van der Waals surface area contributed by atoms with Crippen LogP contribution < -0.4 is 5.32 Å². The SMILES string of the molecule is Cc1ccc([N+](=O)[O-])c(NC(=O)CCl)c1. The molecular formula is C9H9ClN2O3. The Hall–Kier alpha value is -1.62. The Morgan fingerprint density at radius 3 is 2.80 bits per heavy atom. The number of carbonyl (C=O) groups is 1. The van der Waals surface area contributed by atoms with E-state index in [-0.39, 0.29) is 17.3 Å². The molecule has 1 aromatic rings. The number of hydrogen-bond acceptors (Lipinski definition) is 3. The lowest BCUT2D eigenvalue weighted by atomic mass is 10.2. The van der Waals surface area contributed by atoms with Crippen LogP contribution in [0.25, 0.3) is 0 Å². The Morgan fingerprint density at radius 2 is 2.27 bits per heavy atom. The number of amides is 1. The fourth-order valence-corrected chi connectivity index (χ4v) is 1.16. The average Bonchev–Trinajstić information content (AvgIpc) is 2.17. The van der Waals surface area contributed by atoms with Crippen molar-refractivity contribution in [3.63, 3.8) is 0 Å². The summed E-state index contributed by atoms with van der Waals surface area (Å²) in [6.07, 6.45) is 0. The zero-order chi connectivity index (χ0) is 11.4. The van der Waals surface area contributed by atoms with Crippen LogP contribution in [0.4, 0.5) is 11.4 Å². The molecule has 80 valence electrons. The summed E-state index contributed by atoms with van der Waals surface area (Å²) in [6, 6.07) is 4.48. The Balaban J connectivity index is 3.07. The minimum absolute atomic E-state index is 0.140. The number of alkyl halides is 1. The van der Waals surface area contributed by atoms with E-state index in [1.807, 2.05) is 0 Å². The minimum Gasteiger partial charge on any atom is -0.319 e. The molecule has 0 atom stereocenters. The Labute approximate surface area is 91.2 Å². The third-order valence-electron chi connectivity index (χ3n) is 1.74. The summed E-state index contributed by atoms with van der Waals surface area (Å²) in [5.74, 6) is -0.698. The van der Waals surface area contributed by atoms with Gasteiger partial charge in [0.15, 0.2) is 0 Å². The van der Waals surface area contributed by atoms with Gasteiger partial charge in [-0.15, -0.1) is 11.6 Å². The lowest BCUT2D eigenvalue weighted by Crippen LogP contribution is -2.13. The highest BCUT2D eigenvalue weighted by molar-refractivity contribution is 6.29. The van der Waals surface area contributed by atoms with Gasteiger partial charge in [-0.1, -0.05) is 6.07 Å². The molecule has 1 rings (SSSR count). The van der Waals surface area contributed by atoms with E-state index in [0.29, 0.717) is 0 Å². The quantitative estimate of drug-likeness (QED) is 0.489. The first-order chi connectivity index (χ1) is 7.04. The van der Waals surface area contributed by atoms with Crippen LogP contribution in [-0.2, 0) is 4.79 Å². The van der Waals surface area contributed by atoms with Gasteiger partial charge in [-0.25, -0.2) is 0 Å². The molecule has 6 heteroatoms. The number of nitro benzene ring substituents is 1.